The number of H-pyrrole nitrogens is 2. The Morgan fingerprint density at radius 1 is 1.00 bits per heavy atom. The number of aromatic nitrogens is 2. The minimum absolute atomic E-state index is 0.160. The highest BCUT2D eigenvalue weighted by Gasteiger charge is 2.01. The molecule has 2 aromatic heterocycles. The van der Waals surface area contributed by atoms with Gasteiger partial charge in [-0.15, -0.1) is 0 Å². The fourth-order valence-corrected chi connectivity index (χ4v) is 2.31. The highest BCUT2D eigenvalue weighted by Crippen LogP contribution is 2.24. The predicted molar refractivity (Wildman–Crippen MR) is 62.2 cm³/mol. The summed E-state index contributed by atoms with van der Waals surface area (Å²) in [6.45, 7) is 0. The Labute approximate surface area is 89.4 Å². The first kappa shape index (κ1) is 8.49. The number of aromatic amines is 2. The lowest BCUT2D eigenvalue weighted by Gasteiger charge is -1.96. The molecule has 0 spiro atoms. The lowest BCUT2D eigenvalue weighted by Crippen LogP contribution is -1.99. The van der Waals surface area contributed by atoms with Crippen LogP contribution in [0.15, 0.2) is 39.8 Å². The predicted octanol–water partition coefficient (Wildman–Crippen LogP) is 2.58. The standard InChI is InChI=1S/C11H8N2OS/c14-11-12-9-2-1-7(5-10(9)13-11)8-3-4-15-6-8/h1-6H,(H2,12,13,14). The molecule has 0 aliphatic rings. The number of thiophene rings is 1. The van der Waals surface area contributed by atoms with E-state index in [1.54, 1.807) is 11.3 Å². The fraction of sp³-hybridized carbons (Fsp3) is 0. The molecule has 0 radical (unpaired) electrons. The maximum Gasteiger partial charge on any atom is 0.323 e. The molecule has 0 saturated heterocycles. The molecule has 0 atom stereocenters. The van der Waals surface area contributed by atoms with Crippen molar-refractivity contribution in [3.63, 3.8) is 0 Å². The van der Waals surface area contributed by atoms with Gasteiger partial charge in [0.1, 0.15) is 0 Å². The van der Waals surface area contributed by atoms with E-state index in [-0.39, 0.29) is 5.69 Å². The van der Waals surface area contributed by atoms with E-state index in [0.29, 0.717) is 0 Å². The summed E-state index contributed by atoms with van der Waals surface area (Å²) >= 11 is 1.67. The van der Waals surface area contributed by atoms with Crippen LogP contribution in [0.3, 0.4) is 0 Å². The van der Waals surface area contributed by atoms with E-state index in [9.17, 15) is 4.79 Å². The van der Waals surface area contributed by atoms with Gasteiger partial charge in [0.25, 0.3) is 0 Å². The number of fused-ring (bicyclic) bond motifs is 1. The van der Waals surface area contributed by atoms with Crippen molar-refractivity contribution in [3.05, 3.63) is 45.5 Å². The van der Waals surface area contributed by atoms with Crippen LogP contribution in [0.4, 0.5) is 0 Å². The third-order valence-electron chi connectivity index (χ3n) is 2.37. The zero-order valence-electron chi connectivity index (χ0n) is 7.78. The van der Waals surface area contributed by atoms with Gasteiger partial charge in [-0.3, -0.25) is 0 Å². The first-order valence-electron chi connectivity index (χ1n) is 4.57. The molecule has 0 aliphatic heterocycles. The van der Waals surface area contributed by atoms with E-state index < -0.39 is 0 Å². The summed E-state index contributed by atoms with van der Waals surface area (Å²) in [5.74, 6) is 0. The molecule has 0 aliphatic carbocycles. The highest BCUT2D eigenvalue weighted by molar-refractivity contribution is 7.08. The number of benzene rings is 1. The van der Waals surface area contributed by atoms with Gasteiger partial charge in [0.15, 0.2) is 0 Å². The van der Waals surface area contributed by atoms with Crippen LogP contribution in [-0.2, 0) is 0 Å². The molecule has 74 valence electrons. The Morgan fingerprint density at radius 2 is 1.87 bits per heavy atom. The summed E-state index contributed by atoms with van der Waals surface area (Å²) < 4.78 is 0. The van der Waals surface area contributed by atoms with E-state index in [0.717, 1.165) is 16.6 Å². The van der Waals surface area contributed by atoms with E-state index in [2.05, 4.69) is 21.4 Å². The summed E-state index contributed by atoms with van der Waals surface area (Å²) in [4.78, 5) is 16.6. The molecule has 0 amide bonds. The first-order chi connectivity index (χ1) is 7.33. The fourth-order valence-electron chi connectivity index (χ4n) is 1.64. The molecule has 3 nitrogen and oxygen atoms in total. The molecule has 3 rings (SSSR count). The van der Waals surface area contributed by atoms with E-state index in [1.165, 1.54) is 5.56 Å². The second kappa shape index (κ2) is 3.10. The van der Waals surface area contributed by atoms with Crippen LogP contribution in [0, 0.1) is 0 Å². The van der Waals surface area contributed by atoms with Gasteiger partial charge >= 0.3 is 5.69 Å². The number of nitrogens with one attached hydrogen (secondary N) is 2. The van der Waals surface area contributed by atoms with E-state index in [1.807, 2.05) is 23.6 Å². The van der Waals surface area contributed by atoms with Crippen molar-refractivity contribution in [1.82, 2.24) is 9.97 Å². The van der Waals surface area contributed by atoms with Crippen molar-refractivity contribution in [3.8, 4) is 11.1 Å². The zero-order valence-corrected chi connectivity index (χ0v) is 8.60. The van der Waals surface area contributed by atoms with Crippen molar-refractivity contribution >= 4 is 22.4 Å². The number of hydrogen-bond donors (Lipinski definition) is 2. The van der Waals surface area contributed by atoms with Crippen LogP contribution in [0.5, 0.6) is 0 Å². The molecule has 0 unspecified atom stereocenters. The van der Waals surface area contributed by atoms with Gasteiger partial charge < -0.3 is 9.97 Å². The zero-order chi connectivity index (χ0) is 10.3. The maximum atomic E-state index is 11.1. The van der Waals surface area contributed by atoms with Gasteiger partial charge in [-0.25, -0.2) is 4.79 Å². The average molecular weight is 216 g/mol. The molecule has 0 fully saturated rings. The van der Waals surface area contributed by atoms with Gasteiger partial charge in [0.05, 0.1) is 11.0 Å². The second-order valence-electron chi connectivity index (χ2n) is 3.35. The minimum atomic E-state index is -0.160. The Morgan fingerprint density at radius 3 is 2.67 bits per heavy atom. The van der Waals surface area contributed by atoms with Crippen LogP contribution < -0.4 is 5.69 Å². The Balaban J connectivity index is 2.26. The smallest absolute Gasteiger partial charge is 0.306 e. The quantitative estimate of drug-likeness (QED) is 0.645. The van der Waals surface area contributed by atoms with Crippen molar-refractivity contribution < 1.29 is 0 Å². The number of hydrogen-bond acceptors (Lipinski definition) is 2. The summed E-state index contributed by atoms with van der Waals surface area (Å²) in [5, 5.41) is 4.13. The van der Waals surface area contributed by atoms with Gasteiger partial charge in [0.2, 0.25) is 0 Å². The SMILES string of the molecule is O=c1[nH]c2ccc(-c3ccsc3)cc2[nH]1. The molecule has 0 saturated carbocycles. The summed E-state index contributed by atoms with van der Waals surface area (Å²) in [7, 11) is 0. The van der Waals surface area contributed by atoms with Gasteiger partial charge in [-0.05, 0) is 40.1 Å². The van der Waals surface area contributed by atoms with E-state index >= 15 is 0 Å². The van der Waals surface area contributed by atoms with Crippen LogP contribution in [-0.4, -0.2) is 9.97 Å². The molecular formula is C11H8N2OS. The van der Waals surface area contributed by atoms with Crippen LogP contribution in [0.1, 0.15) is 0 Å². The molecule has 0 bridgehead atoms. The van der Waals surface area contributed by atoms with Gasteiger partial charge in [-0.1, -0.05) is 6.07 Å². The second-order valence-corrected chi connectivity index (χ2v) is 4.13. The Bertz CT molecular complexity index is 649. The Kier molecular flexibility index (Phi) is 1.76. The first-order valence-corrected chi connectivity index (χ1v) is 5.52. The third-order valence-corrected chi connectivity index (χ3v) is 3.05. The van der Waals surface area contributed by atoms with Crippen LogP contribution in [0.2, 0.25) is 0 Å². The lowest BCUT2D eigenvalue weighted by molar-refractivity contribution is 1.22. The molecule has 2 N–H and O–H groups in total. The minimum Gasteiger partial charge on any atom is -0.306 e. The number of rotatable bonds is 1. The van der Waals surface area contributed by atoms with E-state index in [4.69, 9.17) is 0 Å². The summed E-state index contributed by atoms with van der Waals surface area (Å²) in [5.41, 5.74) is 3.85. The van der Waals surface area contributed by atoms with Crippen molar-refractivity contribution in [2.75, 3.05) is 0 Å². The maximum absolute atomic E-state index is 11.1. The van der Waals surface area contributed by atoms with Crippen LogP contribution in [0.25, 0.3) is 22.2 Å². The monoisotopic (exact) mass is 216 g/mol. The normalized spacial score (nSPS) is 10.9. The third kappa shape index (κ3) is 1.39. The largest absolute Gasteiger partial charge is 0.323 e. The Hall–Kier alpha value is -1.81. The topological polar surface area (TPSA) is 48.6 Å². The molecule has 3 aromatic rings. The molecule has 4 heteroatoms. The summed E-state index contributed by atoms with van der Waals surface area (Å²) in [6, 6.07) is 7.97. The lowest BCUT2D eigenvalue weighted by atomic mass is 10.1. The molecule has 2 heterocycles. The van der Waals surface area contributed by atoms with Crippen molar-refractivity contribution in [1.29, 1.82) is 0 Å². The summed E-state index contributed by atoms with van der Waals surface area (Å²) in [6.07, 6.45) is 0. The van der Waals surface area contributed by atoms with Gasteiger partial charge in [0, 0.05) is 0 Å². The molecule has 15 heavy (non-hydrogen) atoms. The highest BCUT2D eigenvalue weighted by atomic mass is 32.1. The molecular weight excluding hydrogens is 208 g/mol. The molecule has 1 aromatic carbocycles. The van der Waals surface area contributed by atoms with Gasteiger partial charge in [-0.2, -0.15) is 11.3 Å². The average Bonchev–Trinajstić information content (AvgIpc) is 2.82. The van der Waals surface area contributed by atoms with Crippen LogP contribution >= 0.6 is 11.3 Å². The number of imidazole rings is 1. The van der Waals surface area contributed by atoms with Crippen molar-refractivity contribution in [2.45, 2.75) is 0 Å². The van der Waals surface area contributed by atoms with Crippen molar-refractivity contribution in [2.24, 2.45) is 0 Å².